The second kappa shape index (κ2) is 4.71. The van der Waals surface area contributed by atoms with Crippen LogP contribution in [0.3, 0.4) is 0 Å². The van der Waals surface area contributed by atoms with Crippen molar-refractivity contribution in [3.8, 4) is 6.07 Å². The maximum Gasteiger partial charge on any atom is 0.335 e. The molecule has 2 aromatic rings. The molecule has 1 aliphatic rings. The zero-order valence-corrected chi connectivity index (χ0v) is 10.7. The Bertz CT molecular complexity index is 706. The van der Waals surface area contributed by atoms with E-state index in [0.29, 0.717) is 5.56 Å². The highest BCUT2D eigenvalue weighted by Crippen LogP contribution is 2.30. The Morgan fingerprint density at radius 2 is 1.80 bits per heavy atom. The van der Waals surface area contributed by atoms with Crippen molar-refractivity contribution in [3.63, 3.8) is 0 Å². The number of nitriles is 1. The highest BCUT2D eigenvalue weighted by atomic mass is 16.4. The van der Waals surface area contributed by atoms with Crippen molar-refractivity contribution in [1.29, 1.82) is 5.26 Å². The number of hydrogen-bond acceptors (Lipinski definition) is 3. The summed E-state index contributed by atoms with van der Waals surface area (Å²) in [5.41, 5.74) is 3.82. The molecule has 0 amide bonds. The van der Waals surface area contributed by atoms with Gasteiger partial charge in [-0.2, -0.15) is 5.26 Å². The summed E-state index contributed by atoms with van der Waals surface area (Å²) in [5.74, 6) is -1.02. The molecule has 1 N–H and O–H groups in total. The summed E-state index contributed by atoms with van der Waals surface area (Å²) < 4.78 is 0. The van der Waals surface area contributed by atoms with Gasteiger partial charge in [-0.15, -0.1) is 0 Å². The first-order valence-electron chi connectivity index (χ1n) is 6.28. The molecule has 0 atom stereocenters. The summed E-state index contributed by atoms with van der Waals surface area (Å²) in [4.78, 5) is 13.0. The number of carboxylic acid groups (broad SMARTS) is 1. The van der Waals surface area contributed by atoms with E-state index in [1.54, 1.807) is 12.1 Å². The topological polar surface area (TPSA) is 64.3 Å². The van der Waals surface area contributed by atoms with E-state index in [9.17, 15) is 10.1 Å². The fourth-order valence-electron chi connectivity index (χ4n) is 2.54. The summed E-state index contributed by atoms with van der Waals surface area (Å²) in [7, 11) is 0. The van der Waals surface area contributed by atoms with Crippen molar-refractivity contribution < 1.29 is 9.90 Å². The normalized spacial score (nSPS) is 12.8. The van der Waals surface area contributed by atoms with E-state index >= 15 is 0 Å². The molecule has 98 valence electrons. The number of benzene rings is 2. The second-order valence-corrected chi connectivity index (χ2v) is 4.77. The van der Waals surface area contributed by atoms with Gasteiger partial charge in [0.2, 0.25) is 0 Å². The molecule has 0 spiro atoms. The van der Waals surface area contributed by atoms with Gasteiger partial charge in [0, 0.05) is 13.1 Å². The molecule has 0 radical (unpaired) electrons. The number of fused-ring (bicyclic) bond motifs is 1. The number of nitrogens with zero attached hydrogens (tertiary/aromatic N) is 2. The summed E-state index contributed by atoms with van der Waals surface area (Å²) in [6, 6.07) is 14.9. The highest BCUT2D eigenvalue weighted by molar-refractivity contribution is 5.89. The van der Waals surface area contributed by atoms with Crippen LogP contribution < -0.4 is 4.90 Å². The Labute approximate surface area is 116 Å². The molecular formula is C16H12N2O2. The Hall–Kier alpha value is -2.80. The van der Waals surface area contributed by atoms with Crippen LogP contribution in [0.1, 0.15) is 27.0 Å². The fourth-order valence-corrected chi connectivity index (χ4v) is 2.54. The van der Waals surface area contributed by atoms with Gasteiger partial charge in [-0.3, -0.25) is 0 Å². The average Bonchev–Trinajstić information content (AvgIpc) is 2.90. The molecule has 0 aromatic heterocycles. The van der Waals surface area contributed by atoms with Crippen LogP contribution in [0, 0.1) is 11.3 Å². The zero-order chi connectivity index (χ0) is 14.1. The van der Waals surface area contributed by atoms with Gasteiger partial charge in [0.05, 0.1) is 16.8 Å². The molecule has 0 bridgehead atoms. The number of rotatable bonds is 2. The molecular weight excluding hydrogens is 252 g/mol. The molecule has 4 heteroatoms. The number of carboxylic acids is 1. The third-order valence-electron chi connectivity index (χ3n) is 3.55. The second-order valence-electron chi connectivity index (χ2n) is 4.77. The number of aromatic carboxylic acids is 1. The molecule has 0 aliphatic carbocycles. The van der Waals surface area contributed by atoms with Crippen LogP contribution in [-0.2, 0) is 13.1 Å². The SMILES string of the molecule is N#Cc1cc(C(=O)O)ccc1N1Cc2ccccc2C1. The Balaban J connectivity index is 1.97. The molecule has 4 nitrogen and oxygen atoms in total. The first-order chi connectivity index (χ1) is 9.69. The van der Waals surface area contributed by atoms with E-state index in [-0.39, 0.29) is 5.56 Å². The monoisotopic (exact) mass is 264 g/mol. The lowest BCUT2D eigenvalue weighted by molar-refractivity contribution is 0.0697. The molecule has 0 saturated carbocycles. The highest BCUT2D eigenvalue weighted by Gasteiger charge is 2.21. The number of anilines is 1. The molecule has 3 rings (SSSR count). The fraction of sp³-hybridized carbons (Fsp3) is 0.125. The standard InChI is InChI=1S/C16H12N2O2/c17-8-14-7-11(16(19)20)5-6-15(14)18-9-12-3-1-2-4-13(12)10-18/h1-7H,9-10H2,(H,19,20). The van der Waals surface area contributed by atoms with E-state index in [1.807, 2.05) is 12.1 Å². The van der Waals surface area contributed by atoms with Gasteiger partial charge in [0.25, 0.3) is 0 Å². The lowest BCUT2D eigenvalue weighted by atomic mass is 10.1. The van der Waals surface area contributed by atoms with Gasteiger partial charge in [-0.25, -0.2) is 4.79 Å². The summed E-state index contributed by atoms with van der Waals surface area (Å²) in [6.07, 6.45) is 0. The third kappa shape index (κ3) is 1.99. The Kier molecular flexibility index (Phi) is 2.88. The zero-order valence-electron chi connectivity index (χ0n) is 10.7. The van der Waals surface area contributed by atoms with Gasteiger partial charge >= 0.3 is 5.97 Å². The van der Waals surface area contributed by atoms with Crippen LogP contribution in [0.5, 0.6) is 0 Å². The van der Waals surface area contributed by atoms with Crippen LogP contribution in [0.15, 0.2) is 42.5 Å². The predicted octanol–water partition coefficient (Wildman–Crippen LogP) is 2.78. The van der Waals surface area contributed by atoms with Crippen LogP contribution in [0.2, 0.25) is 0 Å². The first kappa shape index (κ1) is 12.2. The minimum atomic E-state index is -1.02. The van der Waals surface area contributed by atoms with Crippen LogP contribution in [0.25, 0.3) is 0 Å². The maximum atomic E-state index is 11.0. The minimum absolute atomic E-state index is 0.141. The molecule has 0 fully saturated rings. The van der Waals surface area contributed by atoms with Crippen LogP contribution in [0.4, 0.5) is 5.69 Å². The summed E-state index contributed by atoms with van der Waals surface area (Å²) in [6.45, 7) is 1.49. The van der Waals surface area contributed by atoms with E-state index in [4.69, 9.17) is 5.11 Å². The van der Waals surface area contributed by atoms with Crippen molar-refractivity contribution in [3.05, 3.63) is 64.7 Å². The van der Waals surface area contributed by atoms with Crippen LogP contribution >= 0.6 is 0 Å². The van der Waals surface area contributed by atoms with Gasteiger partial charge in [0.15, 0.2) is 0 Å². The van der Waals surface area contributed by atoms with Gasteiger partial charge in [-0.05, 0) is 29.3 Å². The van der Waals surface area contributed by atoms with Crippen LogP contribution in [-0.4, -0.2) is 11.1 Å². The van der Waals surface area contributed by atoms with E-state index in [1.165, 1.54) is 17.2 Å². The first-order valence-corrected chi connectivity index (χ1v) is 6.28. The van der Waals surface area contributed by atoms with Crippen molar-refractivity contribution in [2.45, 2.75) is 13.1 Å². The van der Waals surface area contributed by atoms with E-state index in [0.717, 1.165) is 18.8 Å². The van der Waals surface area contributed by atoms with E-state index in [2.05, 4.69) is 23.1 Å². The largest absolute Gasteiger partial charge is 0.478 e. The van der Waals surface area contributed by atoms with Gasteiger partial charge in [-0.1, -0.05) is 24.3 Å². The lowest BCUT2D eigenvalue weighted by Gasteiger charge is -2.19. The molecule has 0 unspecified atom stereocenters. The predicted molar refractivity (Wildman–Crippen MR) is 74.4 cm³/mol. The molecule has 1 heterocycles. The quantitative estimate of drug-likeness (QED) is 0.905. The number of carbonyl (C=O) groups is 1. The van der Waals surface area contributed by atoms with E-state index < -0.39 is 5.97 Å². The number of hydrogen-bond donors (Lipinski definition) is 1. The third-order valence-corrected chi connectivity index (χ3v) is 3.55. The average molecular weight is 264 g/mol. The van der Waals surface area contributed by atoms with Crippen molar-refractivity contribution in [2.75, 3.05) is 4.90 Å². The lowest BCUT2D eigenvalue weighted by Crippen LogP contribution is -2.16. The molecule has 2 aromatic carbocycles. The molecule has 0 saturated heterocycles. The Morgan fingerprint density at radius 1 is 1.15 bits per heavy atom. The smallest absolute Gasteiger partial charge is 0.335 e. The van der Waals surface area contributed by atoms with Crippen molar-refractivity contribution in [1.82, 2.24) is 0 Å². The molecule has 20 heavy (non-hydrogen) atoms. The minimum Gasteiger partial charge on any atom is -0.478 e. The summed E-state index contributed by atoms with van der Waals surface area (Å²) >= 11 is 0. The van der Waals surface area contributed by atoms with Crippen molar-refractivity contribution >= 4 is 11.7 Å². The van der Waals surface area contributed by atoms with Gasteiger partial charge in [0.1, 0.15) is 6.07 Å². The van der Waals surface area contributed by atoms with Gasteiger partial charge < -0.3 is 10.0 Å². The Morgan fingerprint density at radius 3 is 2.35 bits per heavy atom. The molecule has 1 aliphatic heterocycles. The summed E-state index contributed by atoms with van der Waals surface area (Å²) in [5, 5.41) is 18.2. The maximum absolute atomic E-state index is 11.0. The van der Waals surface area contributed by atoms with Crippen molar-refractivity contribution in [2.24, 2.45) is 0 Å².